The van der Waals surface area contributed by atoms with E-state index in [9.17, 15) is 14.0 Å². The minimum absolute atomic E-state index is 0.0228. The molecule has 1 aromatic rings. The van der Waals surface area contributed by atoms with Crippen LogP contribution < -0.4 is 10.6 Å². The summed E-state index contributed by atoms with van der Waals surface area (Å²) in [6.07, 6.45) is 1.39. The van der Waals surface area contributed by atoms with Gasteiger partial charge in [0.25, 0.3) is 0 Å². The maximum absolute atomic E-state index is 13.6. The molecule has 1 heterocycles. The van der Waals surface area contributed by atoms with E-state index < -0.39 is 17.9 Å². The largest absolute Gasteiger partial charge is 0.352 e. The third kappa shape index (κ3) is 3.71. The van der Waals surface area contributed by atoms with Crippen molar-refractivity contribution in [2.24, 2.45) is 0 Å². The molecule has 6 heteroatoms. The van der Waals surface area contributed by atoms with Crippen LogP contribution in [0.3, 0.4) is 0 Å². The van der Waals surface area contributed by atoms with Crippen LogP contribution in [0.4, 0.5) is 14.9 Å². The van der Waals surface area contributed by atoms with Gasteiger partial charge in [-0.05, 0) is 38.8 Å². The Labute approximate surface area is 123 Å². The highest BCUT2D eigenvalue weighted by Gasteiger charge is 2.34. The third-order valence-corrected chi connectivity index (χ3v) is 3.36. The van der Waals surface area contributed by atoms with E-state index >= 15 is 0 Å². The Morgan fingerprint density at radius 2 is 2.05 bits per heavy atom. The molecule has 5 nitrogen and oxygen atoms in total. The van der Waals surface area contributed by atoms with Crippen LogP contribution in [-0.2, 0) is 4.79 Å². The van der Waals surface area contributed by atoms with Gasteiger partial charge in [0.1, 0.15) is 11.9 Å². The molecule has 1 aliphatic heterocycles. The van der Waals surface area contributed by atoms with Crippen LogP contribution in [0.2, 0.25) is 0 Å². The SMILES string of the molecule is CC(C)NC(=O)[C@H]1CCCN1C(=O)Nc1ccccc1F. The average molecular weight is 293 g/mol. The third-order valence-electron chi connectivity index (χ3n) is 3.36. The second-order valence-corrected chi connectivity index (χ2v) is 5.42. The molecule has 21 heavy (non-hydrogen) atoms. The molecule has 0 unspecified atom stereocenters. The van der Waals surface area contributed by atoms with E-state index in [0.29, 0.717) is 13.0 Å². The van der Waals surface area contributed by atoms with Gasteiger partial charge < -0.3 is 15.5 Å². The van der Waals surface area contributed by atoms with Gasteiger partial charge in [-0.3, -0.25) is 4.79 Å². The molecule has 1 aromatic carbocycles. The van der Waals surface area contributed by atoms with E-state index in [-0.39, 0.29) is 17.6 Å². The molecule has 0 aliphatic carbocycles. The quantitative estimate of drug-likeness (QED) is 0.898. The van der Waals surface area contributed by atoms with Crippen molar-refractivity contribution >= 4 is 17.6 Å². The van der Waals surface area contributed by atoms with Crippen LogP contribution in [-0.4, -0.2) is 35.5 Å². The van der Waals surface area contributed by atoms with Crippen LogP contribution in [0.15, 0.2) is 24.3 Å². The number of rotatable bonds is 3. The zero-order valence-electron chi connectivity index (χ0n) is 12.2. The second kappa shape index (κ2) is 6.56. The summed E-state index contributed by atoms with van der Waals surface area (Å²) in [7, 11) is 0. The number of benzene rings is 1. The lowest BCUT2D eigenvalue weighted by molar-refractivity contribution is -0.125. The molecule has 2 rings (SSSR count). The molecule has 1 atom stereocenters. The van der Waals surface area contributed by atoms with Crippen molar-refractivity contribution in [3.63, 3.8) is 0 Å². The Bertz CT molecular complexity index is 533. The highest BCUT2D eigenvalue weighted by molar-refractivity contribution is 5.94. The maximum Gasteiger partial charge on any atom is 0.322 e. The zero-order chi connectivity index (χ0) is 15.4. The Morgan fingerprint density at radius 1 is 1.33 bits per heavy atom. The first-order valence-corrected chi connectivity index (χ1v) is 7.11. The molecular weight excluding hydrogens is 273 g/mol. The zero-order valence-corrected chi connectivity index (χ0v) is 12.2. The topological polar surface area (TPSA) is 61.4 Å². The van der Waals surface area contributed by atoms with Crippen molar-refractivity contribution < 1.29 is 14.0 Å². The van der Waals surface area contributed by atoms with Gasteiger partial charge in [-0.25, -0.2) is 9.18 Å². The van der Waals surface area contributed by atoms with Crippen molar-refractivity contribution in [3.8, 4) is 0 Å². The summed E-state index contributed by atoms with van der Waals surface area (Å²) >= 11 is 0. The Morgan fingerprint density at radius 3 is 2.71 bits per heavy atom. The predicted octanol–water partition coefficient (Wildman–Crippen LogP) is 2.35. The lowest BCUT2D eigenvalue weighted by atomic mass is 10.2. The van der Waals surface area contributed by atoms with Gasteiger partial charge in [-0.15, -0.1) is 0 Å². The number of para-hydroxylation sites is 1. The maximum atomic E-state index is 13.6. The minimum Gasteiger partial charge on any atom is -0.352 e. The number of urea groups is 1. The van der Waals surface area contributed by atoms with Gasteiger partial charge in [-0.1, -0.05) is 12.1 Å². The number of hydrogen-bond donors (Lipinski definition) is 2. The summed E-state index contributed by atoms with van der Waals surface area (Å²) in [5.41, 5.74) is 0.123. The molecule has 0 bridgehead atoms. The first-order valence-electron chi connectivity index (χ1n) is 7.11. The molecular formula is C15H20FN3O2. The van der Waals surface area contributed by atoms with E-state index in [1.165, 1.54) is 17.0 Å². The first-order chi connectivity index (χ1) is 9.99. The molecule has 1 fully saturated rings. The number of nitrogens with zero attached hydrogens (tertiary/aromatic N) is 1. The number of likely N-dealkylation sites (tertiary alicyclic amines) is 1. The molecule has 0 spiro atoms. The highest BCUT2D eigenvalue weighted by atomic mass is 19.1. The van der Waals surface area contributed by atoms with Crippen molar-refractivity contribution in [2.75, 3.05) is 11.9 Å². The summed E-state index contributed by atoms with van der Waals surface area (Å²) in [5.74, 6) is -0.653. The predicted molar refractivity (Wildman–Crippen MR) is 78.4 cm³/mol. The van der Waals surface area contributed by atoms with Gasteiger partial charge in [0.2, 0.25) is 5.91 Å². The van der Waals surface area contributed by atoms with E-state index in [1.807, 2.05) is 13.8 Å². The fourth-order valence-corrected chi connectivity index (χ4v) is 2.41. The molecule has 2 N–H and O–H groups in total. The van der Waals surface area contributed by atoms with E-state index in [4.69, 9.17) is 0 Å². The number of nitrogens with one attached hydrogen (secondary N) is 2. The summed E-state index contributed by atoms with van der Waals surface area (Å²) in [6.45, 7) is 4.24. The minimum atomic E-state index is -0.492. The van der Waals surface area contributed by atoms with Crippen LogP contribution in [0.25, 0.3) is 0 Å². The molecule has 3 amide bonds. The Kier molecular flexibility index (Phi) is 4.77. The lowest BCUT2D eigenvalue weighted by Crippen LogP contribution is -2.49. The summed E-state index contributed by atoms with van der Waals surface area (Å²) in [5, 5.41) is 5.33. The average Bonchev–Trinajstić information content (AvgIpc) is 2.90. The van der Waals surface area contributed by atoms with Crippen LogP contribution >= 0.6 is 0 Å². The van der Waals surface area contributed by atoms with Gasteiger partial charge in [-0.2, -0.15) is 0 Å². The molecule has 0 saturated carbocycles. The Hall–Kier alpha value is -2.11. The van der Waals surface area contributed by atoms with Gasteiger partial charge in [0.15, 0.2) is 0 Å². The van der Waals surface area contributed by atoms with Crippen molar-refractivity contribution in [1.29, 1.82) is 0 Å². The molecule has 1 saturated heterocycles. The number of carbonyl (C=O) groups is 2. The van der Waals surface area contributed by atoms with Crippen LogP contribution in [0, 0.1) is 5.82 Å². The summed E-state index contributed by atoms with van der Waals surface area (Å²) in [4.78, 5) is 25.8. The van der Waals surface area contributed by atoms with E-state index in [0.717, 1.165) is 6.42 Å². The van der Waals surface area contributed by atoms with Gasteiger partial charge in [0, 0.05) is 12.6 Å². The number of carbonyl (C=O) groups excluding carboxylic acids is 2. The Balaban J connectivity index is 2.04. The normalized spacial score (nSPS) is 17.9. The lowest BCUT2D eigenvalue weighted by Gasteiger charge is -2.25. The van der Waals surface area contributed by atoms with Crippen molar-refractivity contribution in [1.82, 2.24) is 10.2 Å². The number of hydrogen-bond acceptors (Lipinski definition) is 2. The van der Waals surface area contributed by atoms with Crippen molar-refractivity contribution in [3.05, 3.63) is 30.1 Å². The number of halogens is 1. The molecule has 1 aliphatic rings. The van der Waals surface area contributed by atoms with Gasteiger partial charge in [0.05, 0.1) is 5.69 Å². The molecule has 0 aromatic heterocycles. The monoisotopic (exact) mass is 293 g/mol. The molecule has 0 radical (unpaired) electrons. The fraction of sp³-hybridized carbons (Fsp3) is 0.467. The second-order valence-electron chi connectivity index (χ2n) is 5.42. The highest BCUT2D eigenvalue weighted by Crippen LogP contribution is 2.20. The standard InChI is InChI=1S/C15H20FN3O2/c1-10(2)17-14(20)13-8-5-9-19(13)15(21)18-12-7-4-3-6-11(12)16/h3-4,6-7,10,13H,5,8-9H2,1-2H3,(H,17,20)(H,18,21)/t13-/m1/s1. The summed E-state index contributed by atoms with van der Waals surface area (Å²) in [6, 6.07) is 5.07. The number of amides is 3. The van der Waals surface area contributed by atoms with Gasteiger partial charge >= 0.3 is 6.03 Å². The smallest absolute Gasteiger partial charge is 0.322 e. The van der Waals surface area contributed by atoms with Crippen LogP contribution in [0.5, 0.6) is 0 Å². The van der Waals surface area contributed by atoms with E-state index in [1.54, 1.807) is 12.1 Å². The number of anilines is 1. The summed E-state index contributed by atoms with van der Waals surface area (Å²) < 4.78 is 13.6. The molecule has 114 valence electrons. The van der Waals surface area contributed by atoms with Crippen molar-refractivity contribution in [2.45, 2.75) is 38.8 Å². The fourth-order valence-electron chi connectivity index (χ4n) is 2.41. The first kappa shape index (κ1) is 15.3. The van der Waals surface area contributed by atoms with Crippen LogP contribution in [0.1, 0.15) is 26.7 Å². The van der Waals surface area contributed by atoms with E-state index in [2.05, 4.69) is 10.6 Å².